The van der Waals surface area contributed by atoms with Gasteiger partial charge in [0.05, 0.1) is 25.2 Å². The molecule has 0 radical (unpaired) electrons. The molecule has 31 heavy (non-hydrogen) atoms. The first kappa shape index (κ1) is 20.6. The summed E-state index contributed by atoms with van der Waals surface area (Å²) < 4.78 is 5.70. The predicted octanol–water partition coefficient (Wildman–Crippen LogP) is 3.02. The van der Waals surface area contributed by atoms with Crippen molar-refractivity contribution in [2.45, 2.75) is 19.9 Å². The number of benzene rings is 1. The number of nitrogens with one attached hydrogen (secondary N) is 2. The highest BCUT2D eigenvalue weighted by Gasteiger charge is 2.23. The van der Waals surface area contributed by atoms with Gasteiger partial charge >= 0.3 is 0 Å². The van der Waals surface area contributed by atoms with Gasteiger partial charge in [0.2, 0.25) is 0 Å². The molecule has 3 aromatic rings. The first-order valence-corrected chi connectivity index (χ1v) is 10.3. The second-order valence-corrected chi connectivity index (χ2v) is 7.50. The van der Waals surface area contributed by atoms with E-state index in [0.29, 0.717) is 17.7 Å². The third kappa shape index (κ3) is 4.44. The lowest BCUT2D eigenvalue weighted by molar-refractivity contribution is 0.199. The number of hydrogen-bond acceptors (Lipinski definition) is 8. The van der Waals surface area contributed by atoms with Gasteiger partial charge in [0.15, 0.2) is 11.5 Å². The van der Waals surface area contributed by atoms with Crippen molar-refractivity contribution >= 4 is 17.3 Å². The summed E-state index contributed by atoms with van der Waals surface area (Å²) in [5, 5.41) is 19.3. The van der Waals surface area contributed by atoms with Gasteiger partial charge in [-0.25, -0.2) is 9.97 Å². The fourth-order valence-corrected chi connectivity index (χ4v) is 3.90. The van der Waals surface area contributed by atoms with Crippen LogP contribution in [0.4, 0.5) is 17.3 Å². The molecule has 1 saturated heterocycles. The molecule has 1 aromatic carbocycles. The van der Waals surface area contributed by atoms with Crippen molar-refractivity contribution in [1.82, 2.24) is 25.1 Å². The molecule has 0 aliphatic carbocycles. The molecule has 1 aliphatic heterocycles. The minimum Gasteiger partial charge on any atom is -0.496 e. The van der Waals surface area contributed by atoms with Crippen molar-refractivity contribution in [3.8, 4) is 23.1 Å². The molecule has 2 aromatic heterocycles. The van der Waals surface area contributed by atoms with E-state index in [0.717, 1.165) is 48.9 Å². The number of piperazine rings is 1. The highest BCUT2D eigenvalue weighted by molar-refractivity contribution is 5.73. The van der Waals surface area contributed by atoms with Crippen LogP contribution < -0.4 is 15.0 Å². The van der Waals surface area contributed by atoms with Crippen LogP contribution in [0.15, 0.2) is 36.7 Å². The molecule has 1 atom stereocenters. The molecule has 1 aliphatic rings. The molecular formula is C22H26N8O. The van der Waals surface area contributed by atoms with Gasteiger partial charge in [-0.3, -0.25) is 10.00 Å². The quantitative estimate of drug-likeness (QED) is 0.629. The minimum absolute atomic E-state index is 0.267. The minimum atomic E-state index is 0.267. The number of anilines is 3. The summed E-state index contributed by atoms with van der Waals surface area (Å²) in [6, 6.07) is 10.6. The van der Waals surface area contributed by atoms with Crippen molar-refractivity contribution in [2.24, 2.45) is 0 Å². The molecule has 3 heterocycles. The molecule has 9 heteroatoms. The maximum absolute atomic E-state index is 8.83. The van der Waals surface area contributed by atoms with Gasteiger partial charge in [-0.2, -0.15) is 10.4 Å². The Morgan fingerprint density at radius 2 is 2.10 bits per heavy atom. The zero-order chi connectivity index (χ0) is 21.8. The average Bonchev–Trinajstić information content (AvgIpc) is 3.27. The monoisotopic (exact) mass is 418 g/mol. The number of aromatic amines is 1. The smallest absolute Gasteiger partial charge is 0.158 e. The Balaban J connectivity index is 1.51. The van der Waals surface area contributed by atoms with Crippen LogP contribution in [0.3, 0.4) is 0 Å². The lowest BCUT2D eigenvalue weighted by atomic mass is 10.1. The number of nitrogens with zero attached hydrogens (tertiary/aromatic N) is 6. The van der Waals surface area contributed by atoms with E-state index in [1.54, 1.807) is 7.11 Å². The standard InChI is InChI=1S/C22H26N8O/c1-4-29-7-8-30(14-15(29)2)17-5-6-18(20(9-17)31-3)19-10-21(28-27-19)26-22-13-24-16(11-23)12-25-22/h5-6,9-10,12-13,15H,4,7-8,14H2,1-3H3,(H2,25,26,27,28)/t15-/m1/s1. The second kappa shape index (κ2) is 9.02. The first-order chi connectivity index (χ1) is 15.1. The number of nitriles is 1. The highest BCUT2D eigenvalue weighted by atomic mass is 16.5. The van der Waals surface area contributed by atoms with Gasteiger partial charge in [0.1, 0.15) is 17.6 Å². The third-order valence-electron chi connectivity index (χ3n) is 5.61. The lowest BCUT2D eigenvalue weighted by Gasteiger charge is -2.40. The van der Waals surface area contributed by atoms with E-state index in [-0.39, 0.29) is 5.69 Å². The summed E-state index contributed by atoms with van der Waals surface area (Å²) in [4.78, 5) is 13.1. The van der Waals surface area contributed by atoms with Crippen LogP contribution in [0.1, 0.15) is 19.5 Å². The summed E-state index contributed by atoms with van der Waals surface area (Å²) >= 11 is 0. The van der Waals surface area contributed by atoms with Crippen LogP contribution >= 0.6 is 0 Å². The molecule has 9 nitrogen and oxygen atoms in total. The summed E-state index contributed by atoms with van der Waals surface area (Å²) in [7, 11) is 1.68. The normalized spacial score (nSPS) is 16.7. The number of H-pyrrole nitrogens is 1. The number of hydrogen-bond donors (Lipinski definition) is 2. The van der Waals surface area contributed by atoms with E-state index in [2.05, 4.69) is 67.3 Å². The molecule has 0 bridgehead atoms. The van der Waals surface area contributed by atoms with Gasteiger partial charge in [-0.15, -0.1) is 0 Å². The molecule has 160 valence electrons. The van der Waals surface area contributed by atoms with Crippen LogP contribution in [0.5, 0.6) is 5.75 Å². The van der Waals surface area contributed by atoms with E-state index in [4.69, 9.17) is 10.00 Å². The van der Waals surface area contributed by atoms with E-state index in [1.165, 1.54) is 12.4 Å². The Hall–Kier alpha value is -3.64. The highest BCUT2D eigenvalue weighted by Crippen LogP contribution is 2.34. The van der Waals surface area contributed by atoms with Crippen LogP contribution in [-0.4, -0.2) is 64.4 Å². The predicted molar refractivity (Wildman–Crippen MR) is 120 cm³/mol. The van der Waals surface area contributed by atoms with Gasteiger partial charge in [0, 0.05) is 49.1 Å². The van der Waals surface area contributed by atoms with E-state index in [1.807, 2.05) is 12.1 Å². The Morgan fingerprint density at radius 1 is 1.23 bits per heavy atom. The van der Waals surface area contributed by atoms with E-state index in [9.17, 15) is 0 Å². The van der Waals surface area contributed by atoms with E-state index >= 15 is 0 Å². The molecule has 0 unspecified atom stereocenters. The Kier molecular flexibility index (Phi) is 6.00. The molecule has 0 amide bonds. The molecule has 1 fully saturated rings. The third-order valence-corrected chi connectivity index (χ3v) is 5.61. The molecule has 0 spiro atoms. The van der Waals surface area contributed by atoms with E-state index < -0.39 is 0 Å². The van der Waals surface area contributed by atoms with Crippen LogP contribution in [0.25, 0.3) is 11.3 Å². The molecular weight excluding hydrogens is 392 g/mol. The number of methoxy groups -OCH3 is 1. The van der Waals surface area contributed by atoms with Crippen molar-refractivity contribution in [3.63, 3.8) is 0 Å². The molecule has 4 rings (SSSR count). The maximum Gasteiger partial charge on any atom is 0.158 e. The van der Waals surface area contributed by atoms with Crippen molar-refractivity contribution in [1.29, 1.82) is 5.26 Å². The zero-order valence-corrected chi connectivity index (χ0v) is 18.0. The van der Waals surface area contributed by atoms with Crippen molar-refractivity contribution < 1.29 is 4.74 Å². The Bertz CT molecular complexity index is 1070. The maximum atomic E-state index is 8.83. The second-order valence-electron chi connectivity index (χ2n) is 7.50. The van der Waals surface area contributed by atoms with Crippen LogP contribution in [0, 0.1) is 11.3 Å². The lowest BCUT2D eigenvalue weighted by Crippen LogP contribution is -2.51. The summed E-state index contributed by atoms with van der Waals surface area (Å²) in [6.45, 7) is 8.64. The largest absolute Gasteiger partial charge is 0.496 e. The van der Waals surface area contributed by atoms with Crippen molar-refractivity contribution in [2.75, 3.05) is 43.5 Å². The Labute approximate surface area is 181 Å². The Morgan fingerprint density at radius 3 is 2.77 bits per heavy atom. The van der Waals surface area contributed by atoms with Gasteiger partial charge in [-0.1, -0.05) is 6.92 Å². The SMILES string of the molecule is CCN1CCN(c2ccc(-c3cc(Nc4cnc(C#N)cn4)n[nH]3)c(OC)c2)C[C@H]1C. The molecule has 2 N–H and O–H groups in total. The fraction of sp³-hybridized carbons (Fsp3) is 0.364. The first-order valence-electron chi connectivity index (χ1n) is 10.3. The average molecular weight is 419 g/mol. The van der Waals surface area contributed by atoms with Gasteiger partial charge < -0.3 is 15.0 Å². The topological polar surface area (TPSA) is 106 Å². The number of likely N-dealkylation sites (N-methyl/N-ethyl adjacent to an activating group) is 1. The fourth-order valence-electron chi connectivity index (χ4n) is 3.90. The van der Waals surface area contributed by atoms with Gasteiger partial charge in [-0.05, 0) is 25.6 Å². The number of aromatic nitrogens is 4. The van der Waals surface area contributed by atoms with Crippen LogP contribution in [0.2, 0.25) is 0 Å². The summed E-state index contributed by atoms with van der Waals surface area (Å²) in [5.41, 5.74) is 3.19. The van der Waals surface area contributed by atoms with Crippen LogP contribution in [-0.2, 0) is 0 Å². The summed E-state index contributed by atoms with van der Waals surface area (Å²) in [6.07, 6.45) is 2.92. The number of rotatable bonds is 6. The zero-order valence-electron chi connectivity index (χ0n) is 18.0. The van der Waals surface area contributed by atoms with Crippen molar-refractivity contribution in [3.05, 3.63) is 42.4 Å². The molecule has 0 saturated carbocycles. The van der Waals surface area contributed by atoms with Gasteiger partial charge in [0.25, 0.3) is 0 Å². The number of ether oxygens (including phenoxy) is 1. The summed E-state index contributed by atoms with van der Waals surface area (Å²) in [5.74, 6) is 1.90.